The van der Waals surface area contributed by atoms with Crippen LogP contribution in [0.4, 0.5) is 0 Å². The van der Waals surface area contributed by atoms with Crippen LogP contribution in [0.15, 0.2) is 30.3 Å². The van der Waals surface area contributed by atoms with E-state index >= 15 is 0 Å². The minimum absolute atomic E-state index is 0.762. The summed E-state index contributed by atoms with van der Waals surface area (Å²) in [6.07, 6.45) is 8.43. The van der Waals surface area contributed by atoms with Crippen molar-refractivity contribution in [3.8, 4) is 0 Å². The van der Waals surface area contributed by atoms with E-state index in [1.807, 2.05) is 0 Å². The molecule has 0 aromatic heterocycles. The third-order valence-electron chi connectivity index (χ3n) is 5.64. The Hall–Kier alpha value is -0.820. The molecule has 0 amide bonds. The van der Waals surface area contributed by atoms with E-state index < -0.39 is 0 Å². The average Bonchev–Trinajstić information content (AvgIpc) is 3.29. The van der Waals surface area contributed by atoms with Crippen molar-refractivity contribution in [1.82, 2.24) is 5.32 Å². The van der Waals surface area contributed by atoms with Crippen LogP contribution in [0.2, 0.25) is 0 Å². The minimum atomic E-state index is 0.762. The van der Waals surface area contributed by atoms with Gasteiger partial charge >= 0.3 is 0 Å². The normalized spacial score (nSPS) is 33.6. The Morgan fingerprint density at radius 2 is 1.95 bits per heavy atom. The van der Waals surface area contributed by atoms with Crippen molar-refractivity contribution in [3.05, 3.63) is 35.9 Å². The molecule has 2 fully saturated rings. The largest absolute Gasteiger partial charge is 0.313 e. The Kier molecular flexibility index (Phi) is 5.00. The van der Waals surface area contributed by atoms with E-state index in [0.29, 0.717) is 0 Å². The van der Waals surface area contributed by atoms with Crippen molar-refractivity contribution < 1.29 is 0 Å². The van der Waals surface area contributed by atoms with Crippen LogP contribution in [0, 0.1) is 17.8 Å². The van der Waals surface area contributed by atoms with Gasteiger partial charge in [0.25, 0.3) is 0 Å². The predicted octanol–water partition coefficient (Wildman–Crippen LogP) is 4.98. The topological polar surface area (TPSA) is 12.0 Å². The SMILES string of the molecule is CCCNC(C1CCCC(C)C1)C1CC1c1ccccc1. The van der Waals surface area contributed by atoms with Gasteiger partial charge in [0, 0.05) is 6.04 Å². The van der Waals surface area contributed by atoms with Crippen molar-refractivity contribution in [3.63, 3.8) is 0 Å². The summed E-state index contributed by atoms with van der Waals surface area (Å²) in [5.41, 5.74) is 1.56. The van der Waals surface area contributed by atoms with Crippen LogP contribution >= 0.6 is 0 Å². The summed E-state index contributed by atoms with van der Waals surface area (Å²) in [5, 5.41) is 3.92. The molecule has 0 aliphatic heterocycles. The molecular weight excluding hydrogens is 254 g/mol. The second kappa shape index (κ2) is 6.96. The summed E-state index contributed by atoms with van der Waals surface area (Å²) in [7, 11) is 0. The second-order valence-electron chi connectivity index (χ2n) is 7.43. The van der Waals surface area contributed by atoms with Crippen LogP contribution in [0.3, 0.4) is 0 Å². The monoisotopic (exact) mass is 285 g/mol. The fourth-order valence-electron chi connectivity index (χ4n) is 4.48. The molecule has 1 N–H and O–H groups in total. The van der Waals surface area contributed by atoms with Gasteiger partial charge in [-0.1, -0.05) is 57.0 Å². The second-order valence-corrected chi connectivity index (χ2v) is 7.43. The fourth-order valence-corrected chi connectivity index (χ4v) is 4.48. The lowest BCUT2D eigenvalue weighted by Gasteiger charge is -2.34. The van der Waals surface area contributed by atoms with Crippen LogP contribution in [0.25, 0.3) is 0 Å². The molecule has 2 aliphatic carbocycles. The highest BCUT2D eigenvalue weighted by atomic mass is 14.9. The number of hydrogen-bond acceptors (Lipinski definition) is 1. The summed E-state index contributed by atoms with van der Waals surface area (Å²) in [5.74, 6) is 3.55. The minimum Gasteiger partial charge on any atom is -0.313 e. The van der Waals surface area contributed by atoms with Gasteiger partial charge in [-0.2, -0.15) is 0 Å². The Balaban J connectivity index is 1.66. The zero-order chi connectivity index (χ0) is 14.7. The molecule has 3 rings (SSSR count). The summed E-state index contributed by atoms with van der Waals surface area (Å²) >= 11 is 0. The smallest absolute Gasteiger partial charge is 0.0130 e. The average molecular weight is 285 g/mol. The maximum absolute atomic E-state index is 3.92. The maximum atomic E-state index is 3.92. The highest BCUT2D eigenvalue weighted by molar-refractivity contribution is 5.27. The molecule has 0 saturated heterocycles. The molecule has 2 aliphatic rings. The van der Waals surface area contributed by atoms with Gasteiger partial charge < -0.3 is 5.32 Å². The quantitative estimate of drug-likeness (QED) is 0.777. The summed E-state index contributed by atoms with van der Waals surface area (Å²) < 4.78 is 0. The zero-order valence-corrected chi connectivity index (χ0v) is 13.7. The third kappa shape index (κ3) is 3.69. The first-order valence-electron chi connectivity index (χ1n) is 9.08. The van der Waals surface area contributed by atoms with Gasteiger partial charge in [0.1, 0.15) is 0 Å². The summed E-state index contributed by atoms with van der Waals surface area (Å²) in [6, 6.07) is 11.9. The van der Waals surface area contributed by atoms with E-state index in [1.54, 1.807) is 5.56 Å². The predicted molar refractivity (Wildman–Crippen MR) is 90.5 cm³/mol. The van der Waals surface area contributed by atoms with Crippen LogP contribution in [-0.4, -0.2) is 12.6 Å². The molecular formula is C20H31N. The van der Waals surface area contributed by atoms with Gasteiger partial charge in [0.05, 0.1) is 0 Å². The van der Waals surface area contributed by atoms with E-state index in [-0.39, 0.29) is 0 Å². The number of rotatable bonds is 6. The van der Waals surface area contributed by atoms with Gasteiger partial charge in [-0.3, -0.25) is 0 Å². The lowest BCUT2D eigenvalue weighted by Crippen LogP contribution is -2.40. The van der Waals surface area contributed by atoms with Crippen molar-refractivity contribution in [1.29, 1.82) is 0 Å². The lowest BCUT2D eigenvalue weighted by atomic mass is 9.76. The van der Waals surface area contributed by atoms with Crippen molar-refractivity contribution in [2.75, 3.05) is 6.54 Å². The molecule has 1 aromatic carbocycles. The van der Waals surface area contributed by atoms with Gasteiger partial charge in [0.2, 0.25) is 0 Å². The molecule has 1 heteroatoms. The zero-order valence-electron chi connectivity index (χ0n) is 13.7. The highest BCUT2D eigenvalue weighted by Gasteiger charge is 2.46. The van der Waals surface area contributed by atoms with Gasteiger partial charge in [-0.25, -0.2) is 0 Å². The Labute approximate surface area is 130 Å². The fraction of sp³-hybridized carbons (Fsp3) is 0.700. The first-order valence-corrected chi connectivity index (χ1v) is 9.08. The van der Waals surface area contributed by atoms with Crippen LogP contribution < -0.4 is 5.32 Å². The molecule has 0 heterocycles. The van der Waals surface area contributed by atoms with Crippen molar-refractivity contribution in [2.45, 2.75) is 64.3 Å². The highest BCUT2D eigenvalue weighted by Crippen LogP contribution is 2.52. The van der Waals surface area contributed by atoms with Crippen molar-refractivity contribution >= 4 is 0 Å². The van der Waals surface area contributed by atoms with E-state index in [0.717, 1.165) is 29.7 Å². The molecule has 2 saturated carbocycles. The lowest BCUT2D eigenvalue weighted by molar-refractivity contribution is 0.205. The van der Waals surface area contributed by atoms with Gasteiger partial charge in [0.15, 0.2) is 0 Å². The van der Waals surface area contributed by atoms with E-state index in [4.69, 9.17) is 0 Å². The van der Waals surface area contributed by atoms with Crippen molar-refractivity contribution in [2.24, 2.45) is 17.8 Å². The molecule has 116 valence electrons. The third-order valence-corrected chi connectivity index (χ3v) is 5.64. The van der Waals surface area contributed by atoms with Crippen LogP contribution in [0.1, 0.15) is 63.9 Å². The van der Waals surface area contributed by atoms with Gasteiger partial charge in [-0.15, -0.1) is 0 Å². The Morgan fingerprint density at radius 1 is 1.14 bits per heavy atom. The Morgan fingerprint density at radius 3 is 2.67 bits per heavy atom. The molecule has 1 nitrogen and oxygen atoms in total. The maximum Gasteiger partial charge on any atom is 0.0130 e. The molecule has 0 spiro atoms. The summed E-state index contributed by atoms with van der Waals surface area (Å²) in [6.45, 7) is 5.92. The molecule has 1 aromatic rings. The Bertz CT molecular complexity index is 427. The number of hydrogen-bond donors (Lipinski definition) is 1. The summed E-state index contributed by atoms with van der Waals surface area (Å²) in [4.78, 5) is 0. The first-order chi connectivity index (χ1) is 10.3. The number of benzene rings is 1. The molecule has 5 unspecified atom stereocenters. The molecule has 0 bridgehead atoms. The number of nitrogens with one attached hydrogen (secondary N) is 1. The molecule has 0 radical (unpaired) electrons. The van der Waals surface area contributed by atoms with E-state index in [9.17, 15) is 0 Å². The first kappa shape index (κ1) is 15.1. The van der Waals surface area contributed by atoms with Crippen LogP contribution in [-0.2, 0) is 0 Å². The van der Waals surface area contributed by atoms with E-state index in [1.165, 1.54) is 45.1 Å². The van der Waals surface area contributed by atoms with E-state index in [2.05, 4.69) is 49.5 Å². The molecule has 21 heavy (non-hydrogen) atoms. The standard InChI is InChI=1S/C20H31N/c1-3-12-21-20(17-11-7-8-15(2)13-17)19-14-18(19)16-9-5-4-6-10-16/h4-6,9-10,15,17-21H,3,7-8,11-14H2,1-2H3. The van der Waals surface area contributed by atoms with Crippen LogP contribution in [0.5, 0.6) is 0 Å². The molecule has 5 atom stereocenters. The van der Waals surface area contributed by atoms with Gasteiger partial charge in [-0.05, 0) is 61.5 Å².